The van der Waals surface area contributed by atoms with Gasteiger partial charge < -0.3 is 20.1 Å². The molecule has 19 heavy (non-hydrogen) atoms. The first kappa shape index (κ1) is 13.7. The summed E-state index contributed by atoms with van der Waals surface area (Å²) < 4.78 is 6.26. The minimum absolute atomic E-state index is 0.536. The van der Waals surface area contributed by atoms with Gasteiger partial charge in [0.15, 0.2) is 5.72 Å². The molecule has 104 valence electrons. The van der Waals surface area contributed by atoms with E-state index >= 15 is 0 Å². The molecule has 1 aromatic heterocycles. The lowest BCUT2D eigenvalue weighted by atomic mass is 10.0. The molecule has 0 aliphatic carbocycles. The van der Waals surface area contributed by atoms with Crippen LogP contribution in [0.5, 0.6) is 0 Å². The summed E-state index contributed by atoms with van der Waals surface area (Å²) >= 11 is 0. The monoisotopic (exact) mass is 270 g/mol. The van der Waals surface area contributed by atoms with Crippen molar-refractivity contribution >= 4 is 0 Å². The number of aliphatic hydroxyl groups is 3. The van der Waals surface area contributed by atoms with Gasteiger partial charge in [0.25, 0.3) is 5.56 Å². The topological polar surface area (TPSA) is 125 Å². The van der Waals surface area contributed by atoms with E-state index in [1.807, 2.05) is 4.98 Å². The largest absolute Gasteiger partial charge is 0.394 e. The molecule has 1 aromatic rings. The summed E-state index contributed by atoms with van der Waals surface area (Å²) in [7, 11) is 0. The molecule has 0 aromatic carbocycles. The summed E-state index contributed by atoms with van der Waals surface area (Å²) in [6.45, 7) is 2.94. The van der Waals surface area contributed by atoms with Crippen molar-refractivity contribution in [1.29, 1.82) is 0 Å². The average molecular weight is 270 g/mol. The first-order valence-corrected chi connectivity index (χ1v) is 5.57. The minimum Gasteiger partial charge on any atom is -0.394 e. The highest BCUT2D eigenvalue weighted by atomic mass is 16.6. The van der Waals surface area contributed by atoms with Gasteiger partial charge in [-0.1, -0.05) is 6.58 Å². The number of aliphatic hydroxyl groups excluding tert-OH is 3. The van der Waals surface area contributed by atoms with E-state index in [2.05, 4.69) is 6.58 Å². The zero-order chi connectivity index (χ0) is 14.2. The van der Waals surface area contributed by atoms with Crippen LogP contribution < -0.4 is 11.2 Å². The van der Waals surface area contributed by atoms with Crippen molar-refractivity contribution in [3.05, 3.63) is 45.8 Å². The van der Waals surface area contributed by atoms with E-state index in [4.69, 9.17) is 9.84 Å². The molecule has 0 saturated carbocycles. The third-order valence-corrected chi connectivity index (χ3v) is 3.14. The lowest BCUT2D eigenvalue weighted by Gasteiger charge is -2.30. The number of H-pyrrole nitrogens is 1. The first-order chi connectivity index (χ1) is 8.96. The van der Waals surface area contributed by atoms with Crippen molar-refractivity contribution in [3.63, 3.8) is 0 Å². The molecule has 8 heteroatoms. The zero-order valence-corrected chi connectivity index (χ0v) is 9.89. The second-order valence-corrected chi connectivity index (χ2v) is 4.21. The van der Waals surface area contributed by atoms with Gasteiger partial charge in [-0.05, 0) is 6.08 Å². The first-order valence-electron chi connectivity index (χ1n) is 5.57. The molecule has 1 fully saturated rings. The van der Waals surface area contributed by atoms with Crippen LogP contribution in [0.15, 0.2) is 34.5 Å². The molecule has 0 unspecified atom stereocenters. The molecule has 0 bridgehead atoms. The fourth-order valence-corrected chi connectivity index (χ4v) is 2.13. The van der Waals surface area contributed by atoms with Crippen LogP contribution >= 0.6 is 0 Å². The van der Waals surface area contributed by atoms with Gasteiger partial charge >= 0.3 is 5.69 Å². The number of nitrogens with one attached hydrogen (secondary N) is 1. The third kappa shape index (κ3) is 1.94. The molecular weight excluding hydrogens is 256 g/mol. The Morgan fingerprint density at radius 2 is 2.21 bits per heavy atom. The molecule has 2 heterocycles. The lowest BCUT2D eigenvalue weighted by Crippen LogP contribution is -2.50. The number of aromatic amines is 1. The number of rotatable bonds is 3. The Bertz CT molecular complexity index is 593. The standard InChI is InChI=1S/C11H14N2O6/c1-2-11(9(17)8(16)6(5-14)19-11)13-4-3-7(15)12-10(13)18/h2-4,6,8-9,14,16-17H,1,5H2,(H,12,15,18)/t6-,8-,9-,11-/m1/s1. The molecule has 8 nitrogen and oxygen atoms in total. The normalized spacial score (nSPS) is 34.4. The number of aromatic nitrogens is 2. The maximum Gasteiger partial charge on any atom is 0.331 e. The molecule has 0 amide bonds. The highest BCUT2D eigenvalue weighted by Crippen LogP contribution is 2.35. The van der Waals surface area contributed by atoms with Gasteiger partial charge in [-0.3, -0.25) is 14.3 Å². The van der Waals surface area contributed by atoms with E-state index in [0.717, 1.165) is 22.9 Å². The van der Waals surface area contributed by atoms with Crippen LogP contribution in [0.2, 0.25) is 0 Å². The Balaban J connectivity index is 2.58. The summed E-state index contributed by atoms with van der Waals surface area (Å²) in [6.07, 6.45) is -1.70. The molecular formula is C11H14N2O6. The van der Waals surface area contributed by atoms with Crippen LogP contribution in [0.4, 0.5) is 0 Å². The minimum atomic E-state index is -1.74. The summed E-state index contributed by atoms with van der Waals surface area (Å²) in [5.74, 6) is 0. The van der Waals surface area contributed by atoms with Crippen molar-refractivity contribution in [2.45, 2.75) is 24.0 Å². The SMILES string of the molecule is C=C[C@@]1(n2ccc(=O)[nH]c2=O)O[C@H](CO)[C@@H](O)[C@H]1O. The molecule has 2 rings (SSSR count). The average Bonchev–Trinajstić information content (AvgIpc) is 2.64. The maximum atomic E-state index is 11.8. The van der Waals surface area contributed by atoms with Crippen LogP contribution in [0.1, 0.15) is 0 Å². The Labute approximate surface area is 107 Å². The smallest absolute Gasteiger partial charge is 0.331 e. The predicted octanol–water partition coefficient (Wildman–Crippen LogP) is -2.51. The summed E-state index contributed by atoms with van der Waals surface area (Å²) in [5.41, 5.74) is -3.17. The fraction of sp³-hybridized carbons (Fsp3) is 0.455. The molecule has 0 radical (unpaired) electrons. The van der Waals surface area contributed by atoms with E-state index in [1.165, 1.54) is 0 Å². The molecule has 4 N–H and O–H groups in total. The van der Waals surface area contributed by atoms with Crippen LogP contribution in [-0.4, -0.2) is 49.8 Å². The zero-order valence-electron chi connectivity index (χ0n) is 9.89. The van der Waals surface area contributed by atoms with Gasteiger partial charge in [0.2, 0.25) is 0 Å². The van der Waals surface area contributed by atoms with Crippen molar-refractivity contribution in [3.8, 4) is 0 Å². The highest BCUT2D eigenvalue weighted by Gasteiger charge is 2.54. The quantitative estimate of drug-likeness (QED) is 0.450. The van der Waals surface area contributed by atoms with E-state index < -0.39 is 41.9 Å². The second-order valence-electron chi connectivity index (χ2n) is 4.21. The Hall–Kier alpha value is -1.74. The fourth-order valence-electron chi connectivity index (χ4n) is 2.13. The molecule has 4 atom stereocenters. The van der Waals surface area contributed by atoms with E-state index in [-0.39, 0.29) is 0 Å². The summed E-state index contributed by atoms with van der Waals surface area (Å²) in [5, 5.41) is 28.9. The second kappa shape index (κ2) is 4.74. The Morgan fingerprint density at radius 1 is 1.53 bits per heavy atom. The van der Waals surface area contributed by atoms with Crippen molar-refractivity contribution in [1.82, 2.24) is 9.55 Å². The van der Waals surface area contributed by atoms with E-state index in [1.54, 1.807) is 0 Å². The van der Waals surface area contributed by atoms with Gasteiger partial charge in [0.1, 0.15) is 18.3 Å². The molecule has 1 aliphatic heterocycles. The van der Waals surface area contributed by atoms with Gasteiger partial charge in [-0.15, -0.1) is 0 Å². The van der Waals surface area contributed by atoms with Gasteiger partial charge in [0.05, 0.1) is 6.61 Å². The van der Waals surface area contributed by atoms with Crippen LogP contribution in [-0.2, 0) is 10.5 Å². The van der Waals surface area contributed by atoms with E-state index in [9.17, 15) is 19.8 Å². The van der Waals surface area contributed by atoms with Crippen LogP contribution in [0.3, 0.4) is 0 Å². The summed E-state index contributed by atoms with van der Waals surface area (Å²) in [4.78, 5) is 24.8. The maximum absolute atomic E-state index is 11.8. The van der Waals surface area contributed by atoms with Crippen molar-refractivity contribution in [2.24, 2.45) is 0 Å². The third-order valence-electron chi connectivity index (χ3n) is 3.14. The predicted molar refractivity (Wildman–Crippen MR) is 63.5 cm³/mol. The highest BCUT2D eigenvalue weighted by molar-refractivity contribution is 5.09. The van der Waals surface area contributed by atoms with Crippen LogP contribution in [0.25, 0.3) is 0 Å². The number of ether oxygens (including phenoxy) is 1. The Kier molecular flexibility index (Phi) is 3.42. The van der Waals surface area contributed by atoms with E-state index in [0.29, 0.717) is 0 Å². The van der Waals surface area contributed by atoms with Crippen molar-refractivity contribution < 1.29 is 20.1 Å². The van der Waals surface area contributed by atoms with Gasteiger partial charge in [0, 0.05) is 12.3 Å². The lowest BCUT2D eigenvalue weighted by molar-refractivity contribution is -0.114. The van der Waals surface area contributed by atoms with Crippen molar-refractivity contribution in [2.75, 3.05) is 6.61 Å². The van der Waals surface area contributed by atoms with Gasteiger partial charge in [-0.2, -0.15) is 0 Å². The molecule has 0 spiro atoms. The molecule has 1 saturated heterocycles. The molecule has 1 aliphatic rings. The summed E-state index contributed by atoms with van der Waals surface area (Å²) in [6, 6.07) is 1.07. The Morgan fingerprint density at radius 3 is 2.68 bits per heavy atom. The number of nitrogens with zero attached hydrogens (tertiary/aromatic N) is 1. The number of hydrogen-bond donors (Lipinski definition) is 4. The van der Waals surface area contributed by atoms with Gasteiger partial charge in [-0.25, -0.2) is 4.79 Å². The van der Waals surface area contributed by atoms with Crippen LogP contribution in [0, 0.1) is 0 Å². The number of hydrogen-bond acceptors (Lipinski definition) is 6.